The molecule has 3 aliphatic rings. The first-order valence-electron chi connectivity index (χ1n) is 11.6. The second-order valence-corrected chi connectivity index (χ2v) is 11.2. The molecule has 3 aliphatic heterocycles. The third-order valence-electron chi connectivity index (χ3n) is 6.80. The van der Waals surface area contributed by atoms with Crippen LogP contribution in [0.5, 0.6) is 0 Å². The van der Waals surface area contributed by atoms with Crippen LogP contribution in [-0.4, -0.2) is 62.1 Å². The standard InChI is InChI=1S/C17H23NO3.C8H7ClN2O2S/c1-18-13-7-8-14(18)10-15(9-13)21-17(20)16(11-19)12-5-3-2-4-6-12;1-5-10-7-3-2-6(9)4-8(7)14(12,13)11-5/h2-6,13-16,19H,7-11H2,1H3;2-4H,1H3,(H,10,11)/t13-,14+,15?,16?;. The number of ether oxygens (including phenoxy) is 1. The van der Waals surface area contributed by atoms with Crippen molar-refractivity contribution in [2.24, 2.45) is 4.40 Å². The summed E-state index contributed by atoms with van der Waals surface area (Å²) in [5.74, 6) is -0.499. The molecule has 5 rings (SSSR count). The Labute approximate surface area is 211 Å². The van der Waals surface area contributed by atoms with Crippen molar-refractivity contribution in [2.45, 2.75) is 61.6 Å². The summed E-state index contributed by atoms with van der Waals surface area (Å²) in [7, 11) is -1.41. The molecule has 0 saturated carbocycles. The molecular formula is C25H30ClN3O5S. The van der Waals surface area contributed by atoms with E-state index in [-0.39, 0.29) is 23.6 Å². The van der Waals surface area contributed by atoms with Gasteiger partial charge in [0.15, 0.2) is 0 Å². The molecule has 2 bridgehead atoms. The number of nitrogens with one attached hydrogen (secondary N) is 1. The van der Waals surface area contributed by atoms with Gasteiger partial charge in [0.05, 0.1) is 12.3 Å². The minimum Gasteiger partial charge on any atom is -0.462 e. The maximum atomic E-state index is 12.4. The first-order chi connectivity index (χ1) is 16.7. The smallest absolute Gasteiger partial charge is 0.316 e. The molecule has 2 N–H and O–H groups in total. The summed E-state index contributed by atoms with van der Waals surface area (Å²) in [6, 6.07) is 15.1. The molecule has 3 heterocycles. The molecule has 2 aromatic carbocycles. The summed E-state index contributed by atoms with van der Waals surface area (Å²) in [5.41, 5.74) is 1.34. The number of hydrogen-bond acceptors (Lipinski definition) is 7. The van der Waals surface area contributed by atoms with Gasteiger partial charge in [-0.25, -0.2) is 0 Å². The zero-order chi connectivity index (χ0) is 25.2. The largest absolute Gasteiger partial charge is 0.462 e. The number of aliphatic hydroxyl groups is 1. The minimum absolute atomic E-state index is 0.00367. The number of amidine groups is 1. The molecular weight excluding hydrogens is 490 g/mol. The molecule has 188 valence electrons. The summed E-state index contributed by atoms with van der Waals surface area (Å²) < 4.78 is 32.3. The van der Waals surface area contributed by atoms with Gasteiger partial charge in [-0.2, -0.15) is 8.42 Å². The Morgan fingerprint density at radius 1 is 1.20 bits per heavy atom. The lowest BCUT2D eigenvalue weighted by Gasteiger charge is -2.36. The SMILES string of the molecule is CC1=NS(=O)(=O)c2cc(Cl)ccc2N1.CN1[C@@H]2CC[C@H]1CC(OC(=O)C(CO)c1ccccc1)C2. The highest BCUT2D eigenvalue weighted by atomic mass is 35.5. The lowest BCUT2D eigenvalue weighted by molar-refractivity contribution is -0.155. The summed E-state index contributed by atoms with van der Waals surface area (Å²) in [5, 5.41) is 12.8. The number of piperidine rings is 1. The average Bonchev–Trinajstić information content (AvgIpc) is 3.01. The normalized spacial score (nSPS) is 25.3. The quantitative estimate of drug-likeness (QED) is 0.591. The average molecular weight is 520 g/mol. The predicted molar refractivity (Wildman–Crippen MR) is 135 cm³/mol. The molecule has 8 nitrogen and oxygen atoms in total. The third kappa shape index (κ3) is 5.86. The van der Waals surface area contributed by atoms with Gasteiger partial charge in [0.1, 0.15) is 22.8 Å². The maximum absolute atomic E-state index is 12.4. The fraction of sp³-hybridized carbons (Fsp3) is 0.440. The Bertz CT molecular complexity index is 1190. The fourth-order valence-electron chi connectivity index (χ4n) is 4.97. The molecule has 2 aromatic rings. The predicted octanol–water partition coefficient (Wildman–Crippen LogP) is 3.80. The second-order valence-electron chi connectivity index (χ2n) is 9.14. The topological polar surface area (TPSA) is 108 Å². The second kappa shape index (κ2) is 10.7. The van der Waals surface area contributed by atoms with Crippen molar-refractivity contribution >= 4 is 39.1 Å². The van der Waals surface area contributed by atoms with Crippen LogP contribution in [0.4, 0.5) is 5.69 Å². The fourth-order valence-corrected chi connectivity index (χ4v) is 6.38. The van der Waals surface area contributed by atoms with E-state index in [0.29, 0.717) is 28.6 Å². The van der Waals surface area contributed by atoms with E-state index in [2.05, 4.69) is 21.7 Å². The van der Waals surface area contributed by atoms with E-state index in [4.69, 9.17) is 16.3 Å². The number of halogens is 1. The zero-order valence-corrected chi connectivity index (χ0v) is 21.3. The summed E-state index contributed by atoms with van der Waals surface area (Å²) in [6.45, 7) is 1.39. The number of sulfonamides is 1. The number of carbonyl (C=O) groups excluding carboxylic acids is 1. The summed E-state index contributed by atoms with van der Waals surface area (Å²) >= 11 is 5.70. The first-order valence-corrected chi connectivity index (χ1v) is 13.5. The van der Waals surface area contributed by atoms with Gasteiger partial charge >= 0.3 is 5.97 Å². The number of rotatable bonds is 4. The van der Waals surface area contributed by atoms with E-state index in [0.717, 1.165) is 18.4 Å². The van der Waals surface area contributed by atoms with E-state index in [1.807, 2.05) is 30.3 Å². The zero-order valence-electron chi connectivity index (χ0n) is 19.7. The molecule has 2 fully saturated rings. The van der Waals surface area contributed by atoms with Crippen LogP contribution in [0.15, 0.2) is 57.8 Å². The van der Waals surface area contributed by atoms with Crippen molar-refractivity contribution in [3.63, 3.8) is 0 Å². The van der Waals surface area contributed by atoms with Gasteiger partial charge in [-0.1, -0.05) is 41.9 Å². The van der Waals surface area contributed by atoms with Crippen LogP contribution in [-0.2, 0) is 19.6 Å². The lowest BCUT2D eigenvalue weighted by atomic mass is 9.98. The van der Waals surface area contributed by atoms with Gasteiger partial charge in [-0.3, -0.25) is 4.79 Å². The van der Waals surface area contributed by atoms with Crippen LogP contribution >= 0.6 is 11.6 Å². The van der Waals surface area contributed by atoms with Crippen LogP contribution in [0.1, 0.15) is 44.1 Å². The molecule has 2 saturated heterocycles. The van der Waals surface area contributed by atoms with Crippen molar-refractivity contribution in [1.29, 1.82) is 0 Å². The number of nitrogens with zero attached hydrogens (tertiary/aromatic N) is 2. The Morgan fingerprint density at radius 3 is 2.49 bits per heavy atom. The Kier molecular flexibility index (Phi) is 7.80. The highest BCUT2D eigenvalue weighted by Gasteiger charge is 2.40. The van der Waals surface area contributed by atoms with Crippen LogP contribution in [0.25, 0.3) is 0 Å². The molecule has 0 spiro atoms. The van der Waals surface area contributed by atoms with Gasteiger partial charge in [-0.15, -0.1) is 4.40 Å². The number of anilines is 1. The Balaban J connectivity index is 0.000000179. The minimum atomic E-state index is -3.57. The number of benzene rings is 2. The molecule has 0 aliphatic carbocycles. The highest BCUT2D eigenvalue weighted by Crippen LogP contribution is 2.36. The summed E-state index contributed by atoms with van der Waals surface area (Å²) in [6.07, 6.45) is 4.26. The van der Waals surface area contributed by atoms with E-state index in [1.165, 1.54) is 18.9 Å². The molecule has 10 heteroatoms. The van der Waals surface area contributed by atoms with Gasteiger partial charge in [0.2, 0.25) is 0 Å². The Morgan fingerprint density at radius 2 is 1.86 bits per heavy atom. The first kappa shape index (κ1) is 25.6. The van der Waals surface area contributed by atoms with E-state index >= 15 is 0 Å². The van der Waals surface area contributed by atoms with Crippen molar-refractivity contribution in [3.05, 3.63) is 59.1 Å². The van der Waals surface area contributed by atoms with Crippen molar-refractivity contribution in [2.75, 3.05) is 19.0 Å². The molecule has 0 aromatic heterocycles. The van der Waals surface area contributed by atoms with Gasteiger partial charge in [0.25, 0.3) is 10.0 Å². The van der Waals surface area contributed by atoms with Gasteiger partial charge < -0.3 is 20.1 Å². The van der Waals surface area contributed by atoms with Crippen LogP contribution in [0.3, 0.4) is 0 Å². The Hall–Kier alpha value is -2.46. The summed E-state index contributed by atoms with van der Waals surface area (Å²) in [4.78, 5) is 14.9. The molecule has 4 atom stereocenters. The van der Waals surface area contributed by atoms with Crippen molar-refractivity contribution in [1.82, 2.24) is 4.90 Å². The van der Waals surface area contributed by atoms with Crippen LogP contribution < -0.4 is 5.32 Å². The number of carbonyl (C=O) groups is 1. The number of aliphatic hydroxyl groups excluding tert-OH is 1. The molecule has 2 unspecified atom stereocenters. The van der Waals surface area contributed by atoms with E-state index in [1.54, 1.807) is 19.1 Å². The lowest BCUT2D eigenvalue weighted by Crippen LogP contribution is -2.43. The highest BCUT2D eigenvalue weighted by molar-refractivity contribution is 7.90. The van der Waals surface area contributed by atoms with Crippen molar-refractivity contribution < 1.29 is 23.1 Å². The van der Waals surface area contributed by atoms with E-state index in [9.17, 15) is 18.3 Å². The van der Waals surface area contributed by atoms with Gasteiger partial charge in [-0.05, 0) is 63.4 Å². The van der Waals surface area contributed by atoms with Crippen molar-refractivity contribution in [3.8, 4) is 0 Å². The number of hydrogen-bond donors (Lipinski definition) is 2. The number of fused-ring (bicyclic) bond motifs is 3. The van der Waals surface area contributed by atoms with Crippen LogP contribution in [0.2, 0.25) is 5.02 Å². The van der Waals surface area contributed by atoms with E-state index < -0.39 is 15.9 Å². The monoisotopic (exact) mass is 519 g/mol. The third-order valence-corrected chi connectivity index (χ3v) is 8.44. The maximum Gasteiger partial charge on any atom is 0.316 e. The molecule has 0 radical (unpaired) electrons. The number of esters is 1. The van der Waals surface area contributed by atoms with Gasteiger partial charge in [0, 0.05) is 17.1 Å². The molecule has 35 heavy (non-hydrogen) atoms. The van der Waals surface area contributed by atoms with Crippen LogP contribution in [0, 0.1) is 0 Å². The molecule has 0 amide bonds.